The van der Waals surface area contributed by atoms with Crippen molar-refractivity contribution in [3.63, 3.8) is 0 Å². The van der Waals surface area contributed by atoms with E-state index >= 15 is 0 Å². The number of non-ortho nitro benzene ring substituents is 1. The molecule has 0 saturated carbocycles. The Morgan fingerprint density at radius 3 is 2.55 bits per heavy atom. The minimum Gasteiger partial charge on any atom is -0.381 e. The topological polar surface area (TPSA) is 55.2 Å². The summed E-state index contributed by atoms with van der Waals surface area (Å²) in [6.07, 6.45) is 0. The summed E-state index contributed by atoms with van der Waals surface area (Å²) in [7, 11) is 0. The van der Waals surface area contributed by atoms with Crippen LogP contribution in [0.5, 0.6) is 0 Å². The minimum absolute atomic E-state index is 0.0899. The molecule has 0 unspecified atom stereocenters. The Labute approximate surface area is 126 Å². The summed E-state index contributed by atoms with van der Waals surface area (Å²) in [6, 6.07) is 11.0. The maximum atomic E-state index is 10.7. The molecule has 104 valence electrons. The van der Waals surface area contributed by atoms with Crippen LogP contribution in [0.1, 0.15) is 16.7 Å². The molecule has 0 saturated heterocycles. The van der Waals surface area contributed by atoms with Crippen molar-refractivity contribution in [2.45, 2.75) is 20.4 Å². The third-order valence-electron chi connectivity index (χ3n) is 3.10. The van der Waals surface area contributed by atoms with Crippen molar-refractivity contribution in [1.29, 1.82) is 0 Å². The Kier molecular flexibility index (Phi) is 4.39. The van der Waals surface area contributed by atoms with E-state index in [1.807, 2.05) is 6.07 Å². The van der Waals surface area contributed by atoms with E-state index in [0.29, 0.717) is 6.54 Å². The Morgan fingerprint density at radius 2 is 1.95 bits per heavy atom. The summed E-state index contributed by atoms with van der Waals surface area (Å²) >= 11 is 3.37. The fourth-order valence-corrected chi connectivity index (χ4v) is 2.50. The van der Waals surface area contributed by atoms with Crippen molar-refractivity contribution in [2.24, 2.45) is 0 Å². The summed E-state index contributed by atoms with van der Waals surface area (Å²) in [6.45, 7) is 4.73. The largest absolute Gasteiger partial charge is 0.381 e. The van der Waals surface area contributed by atoms with E-state index in [4.69, 9.17) is 0 Å². The third kappa shape index (κ3) is 3.36. The second kappa shape index (κ2) is 6.05. The lowest BCUT2D eigenvalue weighted by Gasteiger charge is -2.11. The molecular formula is C15H15BrN2O2. The van der Waals surface area contributed by atoms with Crippen molar-refractivity contribution in [3.8, 4) is 0 Å². The minimum atomic E-state index is -0.397. The number of nitro groups is 1. The van der Waals surface area contributed by atoms with Gasteiger partial charge in [0.1, 0.15) is 0 Å². The molecule has 20 heavy (non-hydrogen) atoms. The maximum absolute atomic E-state index is 10.7. The van der Waals surface area contributed by atoms with Gasteiger partial charge in [0, 0.05) is 28.8 Å². The molecule has 0 radical (unpaired) electrons. The van der Waals surface area contributed by atoms with Gasteiger partial charge in [0.2, 0.25) is 0 Å². The number of nitrogens with one attached hydrogen (secondary N) is 1. The number of aryl methyl sites for hydroxylation is 2. The second-order valence-corrected chi connectivity index (χ2v) is 5.56. The maximum Gasteiger partial charge on any atom is 0.270 e. The van der Waals surface area contributed by atoms with E-state index in [0.717, 1.165) is 15.7 Å². The number of rotatable bonds is 4. The molecule has 1 N–H and O–H groups in total. The predicted molar refractivity (Wildman–Crippen MR) is 84.0 cm³/mol. The highest BCUT2D eigenvalue weighted by molar-refractivity contribution is 9.10. The van der Waals surface area contributed by atoms with Gasteiger partial charge in [0.15, 0.2) is 0 Å². The number of nitro benzene ring substituents is 1. The number of hydrogen-bond acceptors (Lipinski definition) is 3. The van der Waals surface area contributed by atoms with Crippen LogP contribution in [0.4, 0.5) is 11.4 Å². The third-order valence-corrected chi connectivity index (χ3v) is 3.84. The van der Waals surface area contributed by atoms with Crippen molar-refractivity contribution in [3.05, 3.63) is 67.7 Å². The van der Waals surface area contributed by atoms with Gasteiger partial charge in [-0.2, -0.15) is 0 Å². The fourth-order valence-electron chi connectivity index (χ4n) is 2.00. The number of nitrogens with zero attached hydrogens (tertiary/aromatic N) is 1. The molecule has 0 aromatic heterocycles. The SMILES string of the molecule is Cc1ccc(NCc2ccc([N+](=O)[O-])cc2Br)c(C)c1. The van der Waals surface area contributed by atoms with Crippen LogP contribution in [-0.2, 0) is 6.54 Å². The Balaban J connectivity index is 2.13. The van der Waals surface area contributed by atoms with Crippen LogP contribution < -0.4 is 5.32 Å². The molecule has 5 heteroatoms. The second-order valence-electron chi connectivity index (χ2n) is 4.70. The van der Waals surface area contributed by atoms with Crippen molar-refractivity contribution < 1.29 is 4.92 Å². The monoisotopic (exact) mass is 334 g/mol. The number of hydrogen-bond donors (Lipinski definition) is 1. The molecule has 0 atom stereocenters. The highest BCUT2D eigenvalue weighted by atomic mass is 79.9. The first-order valence-electron chi connectivity index (χ1n) is 6.21. The number of halogens is 1. The van der Waals surface area contributed by atoms with Gasteiger partial charge in [-0.25, -0.2) is 0 Å². The average molecular weight is 335 g/mol. The van der Waals surface area contributed by atoms with Crippen molar-refractivity contribution in [1.82, 2.24) is 0 Å². The molecule has 0 aliphatic rings. The highest BCUT2D eigenvalue weighted by Crippen LogP contribution is 2.24. The fraction of sp³-hybridized carbons (Fsp3) is 0.200. The van der Waals surface area contributed by atoms with Gasteiger partial charge >= 0.3 is 0 Å². The van der Waals surface area contributed by atoms with E-state index < -0.39 is 4.92 Å². The lowest BCUT2D eigenvalue weighted by Crippen LogP contribution is -2.02. The van der Waals surface area contributed by atoms with E-state index in [1.165, 1.54) is 23.3 Å². The van der Waals surface area contributed by atoms with Crippen molar-refractivity contribution in [2.75, 3.05) is 5.32 Å². The molecule has 0 aliphatic carbocycles. The molecule has 0 amide bonds. The predicted octanol–water partition coefficient (Wildman–Crippen LogP) is 4.59. The van der Waals surface area contributed by atoms with Crippen LogP contribution in [-0.4, -0.2) is 4.92 Å². The molecule has 0 heterocycles. The zero-order valence-corrected chi connectivity index (χ0v) is 12.9. The summed E-state index contributed by atoms with van der Waals surface area (Å²) < 4.78 is 0.740. The average Bonchev–Trinajstić information content (AvgIpc) is 2.38. The molecule has 0 aliphatic heterocycles. The van der Waals surface area contributed by atoms with Crippen LogP contribution in [0.2, 0.25) is 0 Å². The molecule has 0 spiro atoms. The van der Waals surface area contributed by atoms with Gasteiger partial charge in [0.25, 0.3) is 5.69 Å². The standard InChI is InChI=1S/C15H15BrN2O2/c1-10-3-6-15(11(2)7-10)17-9-12-4-5-13(18(19)20)8-14(12)16/h3-8,17H,9H2,1-2H3. The molecular weight excluding hydrogens is 320 g/mol. The molecule has 2 rings (SSSR count). The van der Waals surface area contributed by atoms with Gasteiger partial charge in [-0.05, 0) is 37.1 Å². The lowest BCUT2D eigenvalue weighted by atomic mass is 10.1. The zero-order chi connectivity index (χ0) is 14.7. The lowest BCUT2D eigenvalue weighted by molar-refractivity contribution is -0.384. The Morgan fingerprint density at radius 1 is 1.20 bits per heavy atom. The molecule has 0 fully saturated rings. The van der Waals surface area contributed by atoms with Gasteiger partial charge in [-0.15, -0.1) is 0 Å². The van der Waals surface area contributed by atoms with Gasteiger partial charge < -0.3 is 5.32 Å². The van der Waals surface area contributed by atoms with E-state index in [1.54, 1.807) is 6.07 Å². The first kappa shape index (κ1) is 14.5. The molecule has 2 aromatic rings. The number of anilines is 1. The first-order valence-corrected chi connectivity index (χ1v) is 7.00. The van der Waals surface area contributed by atoms with Crippen LogP contribution in [0, 0.1) is 24.0 Å². The Hall–Kier alpha value is -1.88. The molecule has 2 aromatic carbocycles. The zero-order valence-electron chi connectivity index (χ0n) is 11.3. The van der Waals surface area contributed by atoms with E-state index in [2.05, 4.69) is 47.2 Å². The first-order chi connectivity index (χ1) is 9.47. The van der Waals surface area contributed by atoms with Gasteiger partial charge in [-0.1, -0.05) is 33.6 Å². The summed E-state index contributed by atoms with van der Waals surface area (Å²) in [5.74, 6) is 0. The van der Waals surface area contributed by atoms with Crippen LogP contribution in [0.25, 0.3) is 0 Å². The summed E-state index contributed by atoms with van der Waals surface area (Å²) in [5.41, 5.74) is 4.55. The summed E-state index contributed by atoms with van der Waals surface area (Å²) in [4.78, 5) is 10.3. The number of benzene rings is 2. The van der Waals surface area contributed by atoms with Gasteiger partial charge in [0.05, 0.1) is 4.92 Å². The molecule has 4 nitrogen and oxygen atoms in total. The van der Waals surface area contributed by atoms with Gasteiger partial charge in [-0.3, -0.25) is 10.1 Å². The summed E-state index contributed by atoms with van der Waals surface area (Å²) in [5, 5.41) is 14.0. The van der Waals surface area contributed by atoms with Crippen LogP contribution >= 0.6 is 15.9 Å². The van der Waals surface area contributed by atoms with Crippen molar-refractivity contribution >= 4 is 27.3 Å². The Bertz CT molecular complexity index is 656. The van der Waals surface area contributed by atoms with Crippen LogP contribution in [0.15, 0.2) is 40.9 Å². The van der Waals surface area contributed by atoms with E-state index in [9.17, 15) is 10.1 Å². The van der Waals surface area contributed by atoms with Crippen LogP contribution in [0.3, 0.4) is 0 Å². The molecule has 0 bridgehead atoms. The van der Waals surface area contributed by atoms with E-state index in [-0.39, 0.29) is 5.69 Å². The normalized spacial score (nSPS) is 10.3. The smallest absolute Gasteiger partial charge is 0.270 e. The quantitative estimate of drug-likeness (QED) is 0.657. The highest BCUT2D eigenvalue weighted by Gasteiger charge is 2.09.